The second-order valence-electron chi connectivity index (χ2n) is 3.55. The number of rotatable bonds is 7. The number of ether oxygens (including phenoxy) is 1. The molecule has 1 amide bonds. The van der Waals surface area contributed by atoms with Gasteiger partial charge in [-0.05, 0) is 13.3 Å². The van der Waals surface area contributed by atoms with Crippen molar-refractivity contribution >= 4 is 12.2 Å². The minimum Gasteiger partial charge on any atom is -0.385 e. The molecule has 0 aromatic carbocycles. The van der Waals surface area contributed by atoms with E-state index >= 15 is 0 Å². The molecule has 94 valence electrons. The quantitative estimate of drug-likeness (QED) is 0.527. The smallest absolute Gasteiger partial charge is 0.244 e. The van der Waals surface area contributed by atoms with Crippen LogP contribution in [-0.2, 0) is 9.53 Å². The topological polar surface area (TPSA) is 86.1 Å². The Labute approximate surface area is 99.1 Å². The van der Waals surface area contributed by atoms with Crippen LogP contribution in [0.15, 0.2) is 6.20 Å². The summed E-state index contributed by atoms with van der Waals surface area (Å²) in [6, 6.07) is -0.487. The summed E-state index contributed by atoms with van der Waals surface area (Å²) in [6.45, 7) is 2.84. The summed E-state index contributed by atoms with van der Waals surface area (Å²) >= 11 is 0. The molecule has 1 heterocycles. The molecule has 0 bridgehead atoms. The molecule has 1 rings (SSSR count). The highest BCUT2D eigenvalue weighted by molar-refractivity contribution is 5.80. The van der Waals surface area contributed by atoms with E-state index in [0.717, 1.165) is 6.42 Å². The van der Waals surface area contributed by atoms with E-state index in [1.165, 1.54) is 10.9 Å². The van der Waals surface area contributed by atoms with Gasteiger partial charge in [0.15, 0.2) is 6.29 Å². The first-order valence-corrected chi connectivity index (χ1v) is 5.32. The second-order valence-corrected chi connectivity index (χ2v) is 3.55. The van der Waals surface area contributed by atoms with E-state index in [1.54, 1.807) is 14.0 Å². The summed E-state index contributed by atoms with van der Waals surface area (Å²) in [5, 5.41) is 10.0. The highest BCUT2D eigenvalue weighted by Crippen LogP contribution is 2.03. The molecule has 0 saturated heterocycles. The van der Waals surface area contributed by atoms with Gasteiger partial charge in [-0.25, -0.2) is 4.68 Å². The monoisotopic (exact) mass is 240 g/mol. The first kappa shape index (κ1) is 13.3. The van der Waals surface area contributed by atoms with Crippen molar-refractivity contribution in [1.29, 1.82) is 0 Å². The normalized spacial score (nSPS) is 12.1. The lowest BCUT2D eigenvalue weighted by Crippen LogP contribution is -2.32. The number of carbonyl (C=O) groups excluding carboxylic acids is 2. The molecule has 0 radical (unpaired) electrons. The van der Waals surface area contributed by atoms with Crippen LogP contribution in [-0.4, -0.2) is 47.4 Å². The Kier molecular flexibility index (Phi) is 5.28. The largest absolute Gasteiger partial charge is 0.385 e. The van der Waals surface area contributed by atoms with Gasteiger partial charge in [0.2, 0.25) is 5.91 Å². The Bertz CT molecular complexity index is 377. The SMILES string of the molecule is COCCCNC(=O)C(C)n1cc(C=O)nn1. The summed E-state index contributed by atoms with van der Waals surface area (Å²) in [5.41, 5.74) is 0.212. The summed E-state index contributed by atoms with van der Waals surface area (Å²) in [5.74, 6) is -0.163. The van der Waals surface area contributed by atoms with Crippen molar-refractivity contribution < 1.29 is 14.3 Å². The van der Waals surface area contributed by atoms with Gasteiger partial charge in [0.05, 0.1) is 6.20 Å². The summed E-state index contributed by atoms with van der Waals surface area (Å²) in [6.07, 6.45) is 2.78. The third-order valence-corrected chi connectivity index (χ3v) is 2.25. The Morgan fingerprint density at radius 2 is 2.47 bits per heavy atom. The maximum atomic E-state index is 11.7. The first-order chi connectivity index (χ1) is 8.19. The molecular formula is C10H16N4O3. The summed E-state index contributed by atoms with van der Waals surface area (Å²) < 4.78 is 6.23. The van der Waals surface area contributed by atoms with Gasteiger partial charge in [-0.1, -0.05) is 5.21 Å². The van der Waals surface area contributed by atoms with Crippen LogP contribution >= 0.6 is 0 Å². The number of methoxy groups -OCH3 is 1. The lowest BCUT2D eigenvalue weighted by atomic mass is 10.3. The van der Waals surface area contributed by atoms with Crippen molar-refractivity contribution in [3.8, 4) is 0 Å². The molecule has 0 aliphatic heterocycles. The number of carbonyl (C=O) groups is 2. The van der Waals surface area contributed by atoms with Gasteiger partial charge < -0.3 is 10.1 Å². The van der Waals surface area contributed by atoms with E-state index in [2.05, 4.69) is 15.6 Å². The Morgan fingerprint density at radius 3 is 3.06 bits per heavy atom. The lowest BCUT2D eigenvalue weighted by Gasteiger charge is -2.11. The highest BCUT2D eigenvalue weighted by atomic mass is 16.5. The number of hydrogen-bond donors (Lipinski definition) is 1. The zero-order chi connectivity index (χ0) is 12.7. The molecule has 0 fully saturated rings. The zero-order valence-electron chi connectivity index (χ0n) is 9.92. The molecule has 1 aromatic rings. The number of amides is 1. The molecule has 1 unspecified atom stereocenters. The van der Waals surface area contributed by atoms with E-state index < -0.39 is 6.04 Å². The van der Waals surface area contributed by atoms with Crippen molar-refractivity contribution in [2.45, 2.75) is 19.4 Å². The fourth-order valence-corrected chi connectivity index (χ4v) is 1.23. The molecule has 1 atom stereocenters. The molecule has 0 spiro atoms. The molecule has 1 N–H and O–H groups in total. The van der Waals surface area contributed by atoms with Gasteiger partial charge in [-0.15, -0.1) is 5.10 Å². The van der Waals surface area contributed by atoms with E-state index in [9.17, 15) is 9.59 Å². The number of aldehydes is 1. The van der Waals surface area contributed by atoms with Gasteiger partial charge >= 0.3 is 0 Å². The Balaban J connectivity index is 2.43. The average molecular weight is 240 g/mol. The number of aromatic nitrogens is 3. The minimum absolute atomic E-state index is 0.163. The van der Waals surface area contributed by atoms with Crippen LogP contribution in [0.4, 0.5) is 0 Å². The van der Waals surface area contributed by atoms with E-state index in [4.69, 9.17) is 4.74 Å². The predicted octanol–water partition coefficient (Wildman–Crippen LogP) is -0.196. The maximum Gasteiger partial charge on any atom is 0.244 e. The van der Waals surface area contributed by atoms with E-state index in [0.29, 0.717) is 19.4 Å². The Morgan fingerprint density at radius 1 is 1.71 bits per heavy atom. The maximum absolute atomic E-state index is 11.7. The molecule has 17 heavy (non-hydrogen) atoms. The average Bonchev–Trinajstić information content (AvgIpc) is 2.82. The van der Waals surface area contributed by atoms with Crippen molar-refractivity contribution in [3.05, 3.63) is 11.9 Å². The van der Waals surface area contributed by atoms with Crippen LogP contribution in [0.1, 0.15) is 29.9 Å². The number of nitrogens with one attached hydrogen (secondary N) is 1. The van der Waals surface area contributed by atoms with E-state index in [-0.39, 0.29) is 11.6 Å². The minimum atomic E-state index is -0.487. The molecule has 0 aliphatic rings. The standard InChI is InChI=1S/C10H16N4O3/c1-8(10(16)11-4-3-5-17-2)14-6-9(7-15)12-13-14/h6-8H,3-5H2,1-2H3,(H,11,16). The van der Waals surface area contributed by atoms with E-state index in [1.807, 2.05) is 0 Å². The second kappa shape index (κ2) is 6.74. The molecule has 7 heteroatoms. The van der Waals surface area contributed by atoms with Crippen LogP contribution in [0.2, 0.25) is 0 Å². The van der Waals surface area contributed by atoms with Crippen LogP contribution in [0.3, 0.4) is 0 Å². The number of hydrogen-bond acceptors (Lipinski definition) is 5. The summed E-state index contributed by atoms with van der Waals surface area (Å²) in [4.78, 5) is 22.1. The summed E-state index contributed by atoms with van der Waals surface area (Å²) in [7, 11) is 1.61. The van der Waals surface area contributed by atoms with Crippen molar-refractivity contribution in [2.24, 2.45) is 0 Å². The molecule has 0 saturated carbocycles. The third kappa shape index (κ3) is 3.95. The van der Waals surface area contributed by atoms with Gasteiger partial charge in [-0.2, -0.15) is 0 Å². The predicted molar refractivity (Wildman–Crippen MR) is 59.6 cm³/mol. The lowest BCUT2D eigenvalue weighted by molar-refractivity contribution is -0.124. The van der Waals surface area contributed by atoms with Crippen LogP contribution in [0.25, 0.3) is 0 Å². The van der Waals surface area contributed by atoms with Crippen LogP contribution < -0.4 is 5.32 Å². The fourth-order valence-electron chi connectivity index (χ4n) is 1.23. The molecule has 1 aromatic heterocycles. The van der Waals surface area contributed by atoms with Crippen LogP contribution in [0, 0.1) is 0 Å². The zero-order valence-corrected chi connectivity index (χ0v) is 9.92. The van der Waals surface area contributed by atoms with Crippen molar-refractivity contribution in [3.63, 3.8) is 0 Å². The highest BCUT2D eigenvalue weighted by Gasteiger charge is 2.15. The van der Waals surface area contributed by atoms with Crippen molar-refractivity contribution in [1.82, 2.24) is 20.3 Å². The Hall–Kier alpha value is -1.76. The van der Waals surface area contributed by atoms with Crippen LogP contribution in [0.5, 0.6) is 0 Å². The molecular weight excluding hydrogens is 224 g/mol. The van der Waals surface area contributed by atoms with Gasteiger partial charge in [0, 0.05) is 20.3 Å². The fraction of sp³-hybridized carbons (Fsp3) is 0.600. The van der Waals surface area contributed by atoms with Gasteiger partial charge in [0.25, 0.3) is 0 Å². The van der Waals surface area contributed by atoms with Crippen molar-refractivity contribution in [2.75, 3.05) is 20.3 Å². The molecule has 0 aliphatic carbocycles. The van der Waals surface area contributed by atoms with Gasteiger partial charge in [-0.3, -0.25) is 9.59 Å². The number of nitrogens with zero attached hydrogens (tertiary/aromatic N) is 3. The third-order valence-electron chi connectivity index (χ3n) is 2.25. The van der Waals surface area contributed by atoms with Gasteiger partial charge in [0.1, 0.15) is 11.7 Å². The molecule has 7 nitrogen and oxygen atoms in total. The first-order valence-electron chi connectivity index (χ1n) is 5.32.